The second-order valence-electron chi connectivity index (χ2n) is 8.92. The van der Waals surface area contributed by atoms with E-state index in [2.05, 4.69) is 5.32 Å². The third-order valence-corrected chi connectivity index (χ3v) is 6.47. The summed E-state index contributed by atoms with van der Waals surface area (Å²) in [4.78, 5) is 40.7. The summed E-state index contributed by atoms with van der Waals surface area (Å²) in [5.74, 6) is -4.12. The van der Waals surface area contributed by atoms with E-state index in [4.69, 9.17) is 9.47 Å². The predicted octanol–water partition coefficient (Wildman–Crippen LogP) is 2.70. The average Bonchev–Trinajstić information content (AvgIpc) is 3.42. The molecule has 34 heavy (non-hydrogen) atoms. The van der Waals surface area contributed by atoms with Gasteiger partial charge in [-0.25, -0.2) is 18.4 Å². The lowest BCUT2D eigenvalue weighted by molar-refractivity contribution is -0.150. The molecule has 0 spiro atoms. The number of esters is 1. The molecule has 10 heteroatoms. The summed E-state index contributed by atoms with van der Waals surface area (Å²) in [7, 11) is 1.21. The van der Waals surface area contributed by atoms with Crippen LogP contribution in [0.3, 0.4) is 0 Å². The lowest BCUT2D eigenvalue weighted by Crippen LogP contribution is -2.46. The molecule has 0 aliphatic carbocycles. The molecule has 0 radical (unpaired) electrons. The molecule has 3 aliphatic heterocycles. The lowest BCUT2D eigenvalue weighted by atomic mass is 10.0. The van der Waals surface area contributed by atoms with Crippen LogP contribution in [-0.4, -0.2) is 72.6 Å². The Balaban J connectivity index is 1.55. The Bertz CT molecular complexity index is 983. The van der Waals surface area contributed by atoms with Crippen molar-refractivity contribution in [3.05, 3.63) is 41.0 Å². The number of hydrogen-bond donors (Lipinski definition) is 1. The summed E-state index contributed by atoms with van der Waals surface area (Å²) >= 11 is 0. The number of methoxy groups -OCH3 is 1. The van der Waals surface area contributed by atoms with Crippen molar-refractivity contribution in [3.8, 4) is 0 Å². The molecular weight excluding hydrogens is 448 g/mol. The smallest absolute Gasteiger partial charge is 0.410 e. The van der Waals surface area contributed by atoms with E-state index in [1.54, 1.807) is 4.90 Å². The third kappa shape index (κ3) is 5.38. The molecule has 3 heterocycles. The summed E-state index contributed by atoms with van der Waals surface area (Å²) in [6.07, 6.45) is 3.12. The first-order valence-electron chi connectivity index (χ1n) is 11.5. The van der Waals surface area contributed by atoms with Crippen LogP contribution in [0.1, 0.15) is 42.4 Å². The van der Waals surface area contributed by atoms with Gasteiger partial charge in [0.2, 0.25) is 5.91 Å². The zero-order chi connectivity index (χ0) is 24.3. The van der Waals surface area contributed by atoms with Crippen molar-refractivity contribution in [2.45, 2.75) is 56.8 Å². The Hall–Kier alpha value is -3.01. The molecule has 1 aromatic carbocycles. The van der Waals surface area contributed by atoms with Gasteiger partial charge in [0.1, 0.15) is 12.1 Å². The zero-order valence-electron chi connectivity index (χ0n) is 19.1. The van der Waals surface area contributed by atoms with Crippen LogP contribution >= 0.6 is 0 Å². The molecule has 1 aromatic rings. The molecule has 3 aliphatic rings. The Morgan fingerprint density at radius 2 is 2.09 bits per heavy atom. The number of rotatable bonds is 1. The number of nitrogens with zero attached hydrogens (tertiary/aromatic N) is 2. The normalized spacial score (nSPS) is 26.3. The fourth-order valence-electron chi connectivity index (χ4n) is 4.70. The van der Waals surface area contributed by atoms with Gasteiger partial charge < -0.3 is 19.7 Å². The minimum atomic E-state index is -2.96. The first-order chi connectivity index (χ1) is 16.3. The van der Waals surface area contributed by atoms with E-state index in [9.17, 15) is 23.2 Å². The molecule has 1 saturated heterocycles. The van der Waals surface area contributed by atoms with Gasteiger partial charge in [-0.3, -0.25) is 9.69 Å². The molecule has 1 fully saturated rings. The number of carbonyl (C=O) groups excluding carboxylic acids is 3. The highest BCUT2D eigenvalue weighted by Gasteiger charge is 2.43. The number of hydrogen-bond acceptors (Lipinski definition) is 6. The number of amides is 2. The fraction of sp³-hybridized carbons (Fsp3) is 0.542. The number of carbonyl (C=O) groups is 3. The van der Waals surface area contributed by atoms with Crippen molar-refractivity contribution in [2.24, 2.45) is 0 Å². The molecule has 8 nitrogen and oxygen atoms in total. The van der Waals surface area contributed by atoms with Crippen LogP contribution in [0, 0.1) is 0 Å². The first-order valence-corrected chi connectivity index (χ1v) is 11.5. The summed E-state index contributed by atoms with van der Waals surface area (Å²) in [6.45, 7) is -0.239. The quantitative estimate of drug-likeness (QED) is 0.626. The molecular formula is C24H29F2N3O5. The monoisotopic (exact) mass is 477 g/mol. The molecule has 4 rings (SSSR count). The highest BCUT2D eigenvalue weighted by Crippen LogP contribution is 2.29. The molecule has 184 valence electrons. The molecule has 0 unspecified atom stereocenters. The standard InChI is InChI=1S/C24H29F2N3O5/c1-33-22(31)20-10-18-13-29(20)21(30)11-27-15-24(25,26)9-4-2-3-6-16-7-5-8-17-12-28(14-19(16)17)23(32)34-18/h3,5-8,18,20,27H,2,4,9-15H2,1H3/b6-3+/t18-,20+/m1/s1. The van der Waals surface area contributed by atoms with Gasteiger partial charge in [-0.15, -0.1) is 0 Å². The summed E-state index contributed by atoms with van der Waals surface area (Å²) in [6, 6.07) is 4.85. The summed E-state index contributed by atoms with van der Waals surface area (Å²) < 4.78 is 39.0. The van der Waals surface area contributed by atoms with Gasteiger partial charge in [0.25, 0.3) is 5.92 Å². The molecule has 2 atom stereocenters. The average molecular weight is 478 g/mol. The number of nitrogens with one attached hydrogen (secondary N) is 1. The van der Waals surface area contributed by atoms with Crippen molar-refractivity contribution in [3.63, 3.8) is 0 Å². The van der Waals surface area contributed by atoms with Crippen LogP contribution in [-0.2, 0) is 32.2 Å². The maximum absolute atomic E-state index is 14.3. The minimum Gasteiger partial charge on any atom is -0.467 e. The van der Waals surface area contributed by atoms with E-state index in [0.717, 1.165) is 16.7 Å². The largest absolute Gasteiger partial charge is 0.467 e. The molecule has 4 bridgehead atoms. The summed E-state index contributed by atoms with van der Waals surface area (Å²) in [5.41, 5.74) is 2.95. The second-order valence-corrected chi connectivity index (χ2v) is 8.92. The highest BCUT2D eigenvalue weighted by molar-refractivity contribution is 5.86. The zero-order valence-corrected chi connectivity index (χ0v) is 19.1. The molecule has 2 amide bonds. The van der Waals surface area contributed by atoms with E-state index in [1.165, 1.54) is 12.0 Å². The van der Waals surface area contributed by atoms with E-state index in [-0.39, 0.29) is 25.9 Å². The van der Waals surface area contributed by atoms with Gasteiger partial charge in [-0.1, -0.05) is 30.4 Å². The molecule has 0 aromatic heterocycles. The number of alkyl halides is 2. The number of fused-ring (bicyclic) bond motifs is 3. The van der Waals surface area contributed by atoms with Gasteiger partial charge in [-0.2, -0.15) is 0 Å². The van der Waals surface area contributed by atoms with E-state index >= 15 is 0 Å². The molecule has 0 saturated carbocycles. The SMILES string of the molecule is COC(=O)[C@@H]1C[C@@H]2CN1C(=O)CNCC(F)(F)CCC/C=C/c1cccc3c1CN(C3)C(=O)O2. The van der Waals surface area contributed by atoms with Gasteiger partial charge in [0, 0.05) is 19.4 Å². The van der Waals surface area contributed by atoms with Crippen LogP contribution in [0.5, 0.6) is 0 Å². The van der Waals surface area contributed by atoms with Crippen LogP contribution in [0.25, 0.3) is 6.08 Å². The fourth-order valence-corrected chi connectivity index (χ4v) is 4.70. The second kappa shape index (κ2) is 10.1. The number of benzene rings is 1. The van der Waals surface area contributed by atoms with Crippen molar-refractivity contribution in [1.82, 2.24) is 15.1 Å². The van der Waals surface area contributed by atoms with Crippen molar-refractivity contribution in [1.29, 1.82) is 0 Å². The Labute approximate surface area is 196 Å². The Morgan fingerprint density at radius 1 is 1.26 bits per heavy atom. The van der Waals surface area contributed by atoms with Gasteiger partial charge >= 0.3 is 12.1 Å². The maximum Gasteiger partial charge on any atom is 0.410 e. The van der Waals surface area contributed by atoms with Gasteiger partial charge in [0.05, 0.1) is 33.3 Å². The molecule has 1 N–H and O–H groups in total. The lowest BCUT2D eigenvalue weighted by Gasteiger charge is -2.23. The summed E-state index contributed by atoms with van der Waals surface area (Å²) in [5, 5.41) is 2.51. The number of halogens is 2. The van der Waals surface area contributed by atoms with Crippen LogP contribution in [0.2, 0.25) is 0 Å². The van der Waals surface area contributed by atoms with Crippen LogP contribution < -0.4 is 5.32 Å². The first kappa shape index (κ1) is 24.1. The van der Waals surface area contributed by atoms with E-state index in [0.29, 0.717) is 25.9 Å². The van der Waals surface area contributed by atoms with E-state index < -0.39 is 42.6 Å². The van der Waals surface area contributed by atoms with E-state index in [1.807, 2.05) is 30.4 Å². The highest BCUT2D eigenvalue weighted by atomic mass is 19.3. The van der Waals surface area contributed by atoms with Crippen LogP contribution in [0.15, 0.2) is 24.3 Å². The van der Waals surface area contributed by atoms with Gasteiger partial charge in [0.15, 0.2) is 0 Å². The van der Waals surface area contributed by atoms with Crippen molar-refractivity contribution < 1.29 is 32.6 Å². The predicted molar refractivity (Wildman–Crippen MR) is 119 cm³/mol. The number of ether oxygens (including phenoxy) is 2. The van der Waals surface area contributed by atoms with Crippen molar-refractivity contribution in [2.75, 3.05) is 26.7 Å². The Morgan fingerprint density at radius 3 is 2.88 bits per heavy atom. The topological polar surface area (TPSA) is 88.2 Å². The minimum absolute atomic E-state index is 0.00279. The van der Waals surface area contributed by atoms with Crippen molar-refractivity contribution >= 4 is 24.0 Å². The van der Waals surface area contributed by atoms with Gasteiger partial charge in [-0.05, 0) is 29.5 Å². The maximum atomic E-state index is 14.3. The Kier molecular flexibility index (Phi) is 7.16. The number of allylic oxidation sites excluding steroid dienone is 1. The van der Waals surface area contributed by atoms with Crippen LogP contribution in [0.4, 0.5) is 13.6 Å². The third-order valence-electron chi connectivity index (χ3n) is 6.47.